The Labute approximate surface area is 116 Å². The van der Waals surface area contributed by atoms with E-state index in [4.69, 9.17) is 9.47 Å². The zero-order valence-corrected chi connectivity index (χ0v) is 12.9. The first kappa shape index (κ1) is 16.2. The number of morpholine rings is 1. The lowest BCUT2D eigenvalue weighted by Crippen LogP contribution is -2.54. The van der Waals surface area contributed by atoms with E-state index in [0.717, 1.165) is 13.1 Å². The molecule has 5 heteroatoms. The molecule has 1 amide bonds. The van der Waals surface area contributed by atoms with Crippen molar-refractivity contribution in [1.29, 1.82) is 0 Å². The van der Waals surface area contributed by atoms with Gasteiger partial charge in [0.1, 0.15) is 5.60 Å². The molecule has 0 aromatic heterocycles. The molecule has 0 spiro atoms. The van der Waals surface area contributed by atoms with Crippen LogP contribution >= 0.6 is 0 Å². The Hall–Kier alpha value is -0.810. The van der Waals surface area contributed by atoms with Gasteiger partial charge in [0.15, 0.2) is 0 Å². The van der Waals surface area contributed by atoms with Crippen LogP contribution in [0.3, 0.4) is 0 Å². The van der Waals surface area contributed by atoms with Crippen molar-refractivity contribution in [3.05, 3.63) is 0 Å². The van der Waals surface area contributed by atoms with E-state index in [1.54, 1.807) is 4.90 Å². The van der Waals surface area contributed by atoms with Gasteiger partial charge in [-0.2, -0.15) is 0 Å². The van der Waals surface area contributed by atoms with Gasteiger partial charge < -0.3 is 14.8 Å². The average molecular weight is 272 g/mol. The van der Waals surface area contributed by atoms with E-state index in [1.807, 2.05) is 20.8 Å². The predicted octanol–water partition coefficient (Wildman–Crippen LogP) is 1.87. The number of ether oxygens (including phenoxy) is 2. The molecule has 1 saturated heterocycles. The third-order valence-electron chi connectivity index (χ3n) is 2.79. The Bertz CT molecular complexity index is 287. The molecular weight excluding hydrogens is 244 g/mol. The van der Waals surface area contributed by atoms with Gasteiger partial charge >= 0.3 is 6.09 Å². The Morgan fingerprint density at radius 3 is 2.74 bits per heavy atom. The van der Waals surface area contributed by atoms with Gasteiger partial charge in [0.2, 0.25) is 0 Å². The Morgan fingerprint density at radius 2 is 2.16 bits per heavy atom. The molecule has 1 fully saturated rings. The molecule has 0 radical (unpaired) electrons. The van der Waals surface area contributed by atoms with Crippen LogP contribution in [-0.4, -0.2) is 55.5 Å². The number of nitrogens with zero attached hydrogens (tertiary/aromatic N) is 1. The maximum absolute atomic E-state index is 12.1. The fourth-order valence-corrected chi connectivity index (χ4v) is 1.92. The normalized spacial score (nSPS) is 20.7. The van der Waals surface area contributed by atoms with E-state index in [2.05, 4.69) is 19.2 Å². The number of nitrogens with one attached hydrogen (secondary N) is 1. The molecular formula is C14H28N2O3. The molecule has 1 N–H and O–H groups in total. The Balaban J connectivity index is 2.49. The van der Waals surface area contributed by atoms with Gasteiger partial charge in [-0.3, -0.25) is 4.90 Å². The summed E-state index contributed by atoms with van der Waals surface area (Å²) in [6.07, 6.45) is -0.243. The molecule has 1 heterocycles. The third-order valence-corrected chi connectivity index (χ3v) is 2.79. The topological polar surface area (TPSA) is 50.8 Å². The molecule has 112 valence electrons. The number of hydrogen-bond acceptors (Lipinski definition) is 4. The van der Waals surface area contributed by atoms with Gasteiger partial charge in [-0.15, -0.1) is 0 Å². The van der Waals surface area contributed by atoms with Crippen molar-refractivity contribution in [2.75, 3.05) is 32.8 Å². The molecule has 1 atom stereocenters. The van der Waals surface area contributed by atoms with Gasteiger partial charge in [0, 0.05) is 13.1 Å². The van der Waals surface area contributed by atoms with Crippen LogP contribution in [0.1, 0.15) is 34.6 Å². The van der Waals surface area contributed by atoms with Crippen LogP contribution in [0.4, 0.5) is 4.79 Å². The second-order valence-electron chi connectivity index (χ2n) is 6.45. The van der Waals surface area contributed by atoms with Gasteiger partial charge in [0.05, 0.1) is 19.3 Å². The van der Waals surface area contributed by atoms with Crippen LogP contribution < -0.4 is 5.32 Å². The first-order valence-corrected chi connectivity index (χ1v) is 7.07. The maximum atomic E-state index is 12.1. The summed E-state index contributed by atoms with van der Waals surface area (Å²) in [5.41, 5.74) is -0.453. The number of hydrogen-bond donors (Lipinski definition) is 1. The fourth-order valence-electron chi connectivity index (χ4n) is 1.92. The van der Waals surface area contributed by atoms with Gasteiger partial charge in [-0.05, 0) is 33.2 Å². The SMILES string of the molecule is CC(C)CNCC1COCCN1C(=O)OC(C)(C)C. The monoisotopic (exact) mass is 272 g/mol. The van der Waals surface area contributed by atoms with E-state index < -0.39 is 5.60 Å². The van der Waals surface area contributed by atoms with Crippen molar-refractivity contribution in [2.24, 2.45) is 5.92 Å². The molecule has 0 aliphatic carbocycles. The van der Waals surface area contributed by atoms with Gasteiger partial charge in [-0.1, -0.05) is 13.8 Å². The molecule has 1 unspecified atom stereocenters. The summed E-state index contributed by atoms with van der Waals surface area (Å²) in [7, 11) is 0. The summed E-state index contributed by atoms with van der Waals surface area (Å²) in [6, 6.07) is 0.0577. The Kier molecular flexibility index (Phi) is 6.07. The predicted molar refractivity (Wildman–Crippen MR) is 75.3 cm³/mol. The lowest BCUT2D eigenvalue weighted by Gasteiger charge is -2.36. The molecule has 0 bridgehead atoms. The lowest BCUT2D eigenvalue weighted by molar-refractivity contribution is -0.0317. The summed E-state index contributed by atoms with van der Waals surface area (Å²) in [5.74, 6) is 0.597. The zero-order valence-electron chi connectivity index (χ0n) is 12.9. The number of rotatable bonds is 4. The van der Waals surface area contributed by atoms with Crippen LogP contribution in [0.2, 0.25) is 0 Å². The largest absolute Gasteiger partial charge is 0.444 e. The average Bonchev–Trinajstić information content (AvgIpc) is 2.26. The van der Waals surface area contributed by atoms with Crippen LogP contribution in [0.5, 0.6) is 0 Å². The second kappa shape index (κ2) is 7.10. The second-order valence-corrected chi connectivity index (χ2v) is 6.45. The van der Waals surface area contributed by atoms with E-state index in [0.29, 0.717) is 25.7 Å². The fraction of sp³-hybridized carbons (Fsp3) is 0.929. The van der Waals surface area contributed by atoms with E-state index in [9.17, 15) is 4.79 Å². The molecule has 0 saturated carbocycles. The minimum Gasteiger partial charge on any atom is -0.444 e. The van der Waals surface area contributed by atoms with Crippen LogP contribution in [-0.2, 0) is 9.47 Å². The van der Waals surface area contributed by atoms with Crippen molar-refractivity contribution in [1.82, 2.24) is 10.2 Å². The molecule has 1 rings (SSSR count). The lowest BCUT2D eigenvalue weighted by atomic mass is 10.2. The quantitative estimate of drug-likeness (QED) is 0.849. The molecule has 0 aromatic rings. The molecule has 5 nitrogen and oxygen atoms in total. The van der Waals surface area contributed by atoms with E-state index in [-0.39, 0.29) is 12.1 Å². The minimum absolute atomic E-state index is 0.0577. The van der Waals surface area contributed by atoms with Crippen molar-refractivity contribution in [2.45, 2.75) is 46.3 Å². The van der Waals surface area contributed by atoms with Crippen molar-refractivity contribution in [3.63, 3.8) is 0 Å². The van der Waals surface area contributed by atoms with Crippen LogP contribution in [0.25, 0.3) is 0 Å². The van der Waals surface area contributed by atoms with E-state index in [1.165, 1.54) is 0 Å². The van der Waals surface area contributed by atoms with Crippen LogP contribution in [0, 0.1) is 5.92 Å². The molecule has 19 heavy (non-hydrogen) atoms. The first-order chi connectivity index (χ1) is 8.79. The molecule has 1 aliphatic rings. The molecule has 1 aliphatic heterocycles. The van der Waals surface area contributed by atoms with Crippen LogP contribution in [0.15, 0.2) is 0 Å². The smallest absolute Gasteiger partial charge is 0.410 e. The standard InChI is InChI=1S/C14H28N2O3/c1-11(2)8-15-9-12-10-18-7-6-16(12)13(17)19-14(3,4)5/h11-12,15H,6-10H2,1-5H3. The Morgan fingerprint density at radius 1 is 1.47 bits per heavy atom. The number of carbonyl (C=O) groups excluding carboxylic acids is 1. The summed E-state index contributed by atoms with van der Waals surface area (Å²) in [5, 5.41) is 3.37. The highest BCUT2D eigenvalue weighted by Crippen LogP contribution is 2.14. The van der Waals surface area contributed by atoms with E-state index >= 15 is 0 Å². The third kappa shape index (κ3) is 6.25. The van der Waals surface area contributed by atoms with Gasteiger partial charge in [-0.25, -0.2) is 4.79 Å². The zero-order chi connectivity index (χ0) is 14.5. The summed E-state index contributed by atoms with van der Waals surface area (Å²) < 4.78 is 10.9. The highest BCUT2D eigenvalue weighted by atomic mass is 16.6. The highest BCUT2D eigenvalue weighted by Gasteiger charge is 2.30. The first-order valence-electron chi connectivity index (χ1n) is 7.07. The number of carbonyl (C=O) groups is 1. The van der Waals surface area contributed by atoms with Crippen molar-refractivity contribution in [3.8, 4) is 0 Å². The highest BCUT2D eigenvalue weighted by molar-refractivity contribution is 5.68. The summed E-state index contributed by atoms with van der Waals surface area (Å²) in [4.78, 5) is 13.9. The maximum Gasteiger partial charge on any atom is 0.410 e. The van der Waals surface area contributed by atoms with Crippen molar-refractivity contribution < 1.29 is 14.3 Å². The number of amides is 1. The van der Waals surface area contributed by atoms with Gasteiger partial charge in [0.25, 0.3) is 0 Å². The molecule has 0 aromatic carbocycles. The summed E-state index contributed by atoms with van der Waals surface area (Å²) >= 11 is 0. The summed E-state index contributed by atoms with van der Waals surface area (Å²) in [6.45, 7) is 13.4. The van der Waals surface area contributed by atoms with Crippen molar-refractivity contribution >= 4 is 6.09 Å². The minimum atomic E-state index is -0.453.